The summed E-state index contributed by atoms with van der Waals surface area (Å²) in [6.45, 7) is 6.38. The van der Waals surface area contributed by atoms with Gasteiger partial charge in [0.25, 0.3) is 0 Å². The molecule has 12 nitrogen and oxygen atoms in total. The van der Waals surface area contributed by atoms with E-state index in [1.165, 1.54) is 12.1 Å². The average Bonchev–Trinajstić information content (AvgIpc) is 3.04. The highest BCUT2D eigenvalue weighted by Crippen LogP contribution is 2.13. The molecule has 0 saturated heterocycles. The molecule has 0 spiro atoms. The molecule has 0 aromatic heterocycles. The maximum Gasteiger partial charge on any atom is 0.408 e. The second-order valence-corrected chi connectivity index (χ2v) is 12.1. The largest absolute Gasteiger partial charge is 0.508 e. The van der Waals surface area contributed by atoms with Gasteiger partial charge in [0.1, 0.15) is 36.0 Å². The first kappa shape index (κ1) is 37.1. The summed E-state index contributed by atoms with van der Waals surface area (Å²) in [5.41, 5.74) is 1.40. The van der Waals surface area contributed by atoms with E-state index in [-0.39, 0.29) is 31.6 Å². The minimum Gasteiger partial charge on any atom is -0.508 e. The van der Waals surface area contributed by atoms with Gasteiger partial charge >= 0.3 is 12.1 Å². The van der Waals surface area contributed by atoms with Crippen LogP contribution in [0.25, 0.3) is 0 Å². The maximum absolute atomic E-state index is 13.8. The summed E-state index contributed by atoms with van der Waals surface area (Å²) in [5, 5.41) is 20.2. The lowest BCUT2D eigenvalue weighted by molar-refractivity contribution is -0.147. The third-order valence-electron chi connectivity index (χ3n) is 6.91. The van der Waals surface area contributed by atoms with Crippen molar-refractivity contribution in [2.24, 2.45) is 0 Å². The molecule has 5 N–H and O–H groups in total. The molecule has 3 rings (SSSR count). The molecule has 0 aliphatic rings. The number of aromatic hydroxyl groups is 1. The van der Waals surface area contributed by atoms with Gasteiger partial charge in [0.2, 0.25) is 17.7 Å². The monoisotopic (exact) mass is 660 g/mol. The van der Waals surface area contributed by atoms with Crippen molar-refractivity contribution in [1.82, 2.24) is 21.3 Å². The molecule has 4 amide bonds. The second-order valence-electron chi connectivity index (χ2n) is 12.1. The van der Waals surface area contributed by atoms with Gasteiger partial charge in [0.05, 0.1) is 6.61 Å². The Kier molecular flexibility index (Phi) is 14.0. The summed E-state index contributed by atoms with van der Waals surface area (Å²) in [6.07, 6.45) is -0.533. The van der Waals surface area contributed by atoms with Crippen molar-refractivity contribution in [3.63, 3.8) is 0 Å². The summed E-state index contributed by atoms with van der Waals surface area (Å²) in [7, 11) is 0. The minimum absolute atomic E-state index is 0.0545. The smallest absolute Gasteiger partial charge is 0.408 e. The van der Waals surface area contributed by atoms with Gasteiger partial charge in [-0.3, -0.25) is 14.4 Å². The van der Waals surface area contributed by atoms with E-state index in [0.717, 1.165) is 11.1 Å². The first-order chi connectivity index (χ1) is 22.8. The van der Waals surface area contributed by atoms with Gasteiger partial charge in [-0.05, 0) is 56.5 Å². The summed E-state index contributed by atoms with van der Waals surface area (Å²) < 4.78 is 10.4. The quantitative estimate of drug-likeness (QED) is 0.155. The molecule has 256 valence electrons. The number of amides is 4. The predicted octanol–water partition coefficient (Wildman–Crippen LogP) is 2.96. The summed E-state index contributed by atoms with van der Waals surface area (Å²) in [6, 6.07) is 20.9. The number of hydrogen-bond donors (Lipinski definition) is 5. The zero-order chi connectivity index (χ0) is 35.1. The van der Waals surface area contributed by atoms with Crippen LogP contribution in [0.1, 0.15) is 44.4 Å². The van der Waals surface area contributed by atoms with Crippen LogP contribution in [0.3, 0.4) is 0 Å². The maximum atomic E-state index is 13.8. The number of rotatable bonds is 15. The highest BCUT2D eigenvalue weighted by molar-refractivity contribution is 5.94. The molecular formula is C36H44N4O8. The van der Waals surface area contributed by atoms with Crippen LogP contribution in [0, 0.1) is 0 Å². The lowest BCUT2D eigenvalue weighted by atomic mass is 10.0. The SMILES string of the molecule is CCOC(=O)[C@H](Cc1ccc(O)cc1)NC(=O)[C@H](Cc1ccccc1)NC(=O)[C@@H](Cc1ccccc1)NC(=O)CNC(=O)OC(C)(C)C. The Bertz CT molecular complexity index is 1510. The molecule has 0 bridgehead atoms. The Balaban J connectivity index is 1.83. The lowest BCUT2D eigenvalue weighted by Gasteiger charge is -2.25. The highest BCUT2D eigenvalue weighted by Gasteiger charge is 2.31. The predicted molar refractivity (Wildman–Crippen MR) is 179 cm³/mol. The van der Waals surface area contributed by atoms with Crippen LogP contribution in [-0.2, 0) is 47.9 Å². The van der Waals surface area contributed by atoms with E-state index in [9.17, 15) is 29.1 Å². The van der Waals surface area contributed by atoms with Crippen LogP contribution < -0.4 is 21.3 Å². The van der Waals surface area contributed by atoms with Crippen LogP contribution in [0.2, 0.25) is 0 Å². The topological polar surface area (TPSA) is 172 Å². The van der Waals surface area contributed by atoms with Crippen molar-refractivity contribution in [3.8, 4) is 5.75 Å². The van der Waals surface area contributed by atoms with Crippen LogP contribution in [-0.4, -0.2) is 71.8 Å². The Morgan fingerprint density at radius 2 is 1.12 bits per heavy atom. The van der Waals surface area contributed by atoms with Crippen molar-refractivity contribution >= 4 is 29.8 Å². The fourth-order valence-electron chi connectivity index (χ4n) is 4.68. The minimum atomic E-state index is -1.15. The Hall–Kier alpha value is -5.39. The van der Waals surface area contributed by atoms with Gasteiger partial charge in [-0.2, -0.15) is 0 Å². The molecule has 3 atom stereocenters. The molecular weight excluding hydrogens is 616 g/mol. The Morgan fingerprint density at radius 3 is 1.62 bits per heavy atom. The molecule has 0 aliphatic carbocycles. The zero-order valence-electron chi connectivity index (χ0n) is 27.7. The van der Waals surface area contributed by atoms with Gasteiger partial charge in [0, 0.05) is 19.3 Å². The number of alkyl carbamates (subject to hydrolysis) is 1. The molecule has 0 fully saturated rings. The van der Waals surface area contributed by atoms with Gasteiger partial charge in [-0.1, -0.05) is 72.8 Å². The number of benzene rings is 3. The van der Waals surface area contributed by atoms with Gasteiger partial charge < -0.3 is 35.8 Å². The number of hydrogen-bond acceptors (Lipinski definition) is 8. The molecule has 0 heterocycles. The van der Waals surface area contributed by atoms with E-state index < -0.39 is 60.1 Å². The highest BCUT2D eigenvalue weighted by atomic mass is 16.6. The van der Waals surface area contributed by atoms with Crippen LogP contribution in [0.4, 0.5) is 4.79 Å². The number of ether oxygens (including phenoxy) is 2. The van der Waals surface area contributed by atoms with Crippen molar-refractivity contribution < 1.29 is 38.6 Å². The zero-order valence-corrected chi connectivity index (χ0v) is 27.7. The third kappa shape index (κ3) is 13.1. The van der Waals surface area contributed by atoms with Crippen molar-refractivity contribution in [2.75, 3.05) is 13.2 Å². The van der Waals surface area contributed by atoms with Gasteiger partial charge in [-0.15, -0.1) is 0 Å². The third-order valence-corrected chi connectivity index (χ3v) is 6.91. The molecule has 3 aromatic carbocycles. The average molecular weight is 661 g/mol. The summed E-state index contributed by atoms with van der Waals surface area (Å²) in [5.74, 6) is -2.53. The van der Waals surface area contributed by atoms with E-state index in [0.29, 0.717) is 5.56 Å². The summed E-state index contributed by atoms with van der Waals surface area (Å²) in [4.78, 5) is 65.5. The van der Waals surface area contributed by atoms with E-state index in [1.54, 1.807) is 88.4 Å². The normalized spacial score (nSPS) is 12.8. The van der Waals surface area contributed by atoms with E-state index >= 15 is 0 Å². The molecule has 3 aromatic rings. The standard InChI is InChI=1S/C36H44N4O8/c1-5-47-34(45)30(22-26-16-18-27(41)19-17-26)40-33(44)29(21-25-14-10-7-11-15-25)39-32(43)28(20-24-12-8-6-9-13-24)38-31(42)23-37-35(46)48-36(2,3)4/h6-19,28-30,41H,5,20-23H2,1-4H3,(H,37,46)(H,38,42)(H,39,43)(H,40,44)/t28-,29+,30+/m1/s1. The molecule has 0 saturated carbocycles. The lowest BCUT2D eigenvalue weighted by Crippen LogP contribution is -2.57. The number of esters is 1. The molecule has 0 radical (unpaired) electrons. The Morgan fingerprint density at radius 1 is 0.667 bits per heavy atom. The fraction of sp³-hybridized carbons (Fsp3) is 0.361. The van der Waals surface area contributed by atoms with Crippen molar-refractivity contribution in [1.29, 1.82) is 0 Å². The summed E-state index contributed by atoms with van der Waals surface area (Å²) >= 11 is 0. The van der Waals surface area contributed by atoms with Crippen LogP contribution >= 0.6 is 0 Å². The Labute approximate surface area is 280 Å². The van der Waals surface area contributed by atoms with E-state index in [4.69, 9.17) is 9.47 Å². The van der Waals surface area contributed by atoms with Gasteiger partial charge in [0.15, 0.2) is 0 Å². The van der Waals surface area contributed by atoms with Crippen LogP contribution in [0.5, 0.6) is 5.75 Å². The van der Waals surface area contributed by atoms with Gasteiger partial charge in [-0.25, -0.2) is 9.59 Å². The van der Waals surface area contributed by atoms with E-state index in [1.807, 2.05) is 12.1 Å². The number of carbonyl (C=O) groups is 5. The molecule has 48 heavy (non-hydrogen) atoms. The first-order valence-corrected chi connectivity index (χ1v) is 15.7. The van der Waals surface area contributed by atoms with E-state index in [2.05, 4.69) is 21.3 Å². The number of nitrogens with one attached hydrogen (secondary N) is 4. The number of phenolic OH excluding ortho intramolecular Hbond substituents is 1. The number of phenols is 1. The van der Waals surface area contributed by atoms with Crippen molar-refractivity contribution in [3.05, 3.63) is 102 Å². The fourth-order valence-corrected chi connectivity index (χ4v) is 4.68. The van der Waals surface area contributed by atoms with Crippen LogP contribution in [0.15, 0.2) is 84.9 Å². The number of carbonyl (C=O) groups excluding carboxylic acids is 5. The van der Waals surface area contributed by atoms with Crippen molar-refractivity contribution in [2.45, 2.75) is 70.7 Å². The molecule has 12 heteroatoms. The molecule has 0 unspecified atom stereocenters. The molecule has 0 aliphatic heterocycles. The first-order valence-electron chi connectivity index (χ1n) is 15.7. The second kappa shape index (κ2) is 18.1.